The minimum absolute atomic E-state index is 0.0950. The summed E-state index contributed by atoms with van der Waals surface area (Å²) in [5, 5.41) is 8.63. The number of nitrogens with one attached hydrogen (secondary N) is 1. The molecule has 0 fully saturated rings. The highest BCUT2D eigenvalue weighted by molar-refractivity contribution is 5.67. The van der Waals surface area contributed by atoms with E-state index in [9.17, 15) is 4.79 Å². The molecule has 0 aliphatic heterocycles. The van der Waals surface area contributed by atoms with E-state index >= 15 is 0 Å². The van der Waals surface area contributed by atoms with Crippen molar-refractivity contribution in [2.24, 2.45) is 11.8 Å². The average molecular weight is 188 g/mol. The summed E-state index contributed by atoms with van der Waals surface area (Å²) in [5.41, 5.74) is 2.59. The zero-order chi connectivity index (χ0) is 10.3. The van der Waals surface area contributed by atoms with Gasteiger partial charge in [-0.1, -0.05) is 26.7 Å². The van der Waals surface area contributed by atoms with Gasteiger partial charge in [0.05, 0.1) is 6.42 Å². The quantitative estimate of drug-likeness (QED) is 0.413. The molecule has 78 valence electrons. The number of carbonyl (C=O) groups is 1. The van der Waals surface area contributed by atoms with Gasteiger partial charge in [0.1, 0.15) is 0 Å². The van der Waals surface area contributed by atoms with Gasteiger partial charge >= 0.3 is 5.97 Å². The summed E-state index contributed by atoms with van der Waals surface area (Å²) in [4.78, 5) is 10.5. The second-order valence-corrected chi connectivity index (χ2v) is 3.33. The molecular formula is C9H20N2O2. The summed E-state index contributed by atoms with van der Waals surface area (Å²) in [5.74, 6) is 4.89. The zero-order valence-corrected chi connectivity index (χ0v) is 8.42. The Labute approximate surface area is 79.5 Å². The Kier molecular flexibility index (Phi) is 6.54. The molecule has 0 heterocycles. The fraction of sp³-hybridized carbons (Fsp3) is 0.889. The molecule has 0 aromatic heterocycles. The Morgan fingerprint density at radius 3 is 2.46 bits per heavy atom. The number of aliphatic carboxylic acids is 1. The van der Waals surface area contributed by atoms with E-state index in [-0.39, 0.29) is 12.5 Å². The van der Waals surface area contributed by atoms with Crippen LogP contribution in [-0.2, 0) is 4.79 Å². The Morgan fingerprint density at radius 2 is 2.15 bits per heavy atom. The number of rotatable bonds is 7. The molecule has 0 amide bonds. The standard InChI is InChI=1S/C9H20N2O2/c1-3-5-7(4-2)8(11-10)6-9(12)13/h7-8,11H,3-6,10H2,1-2H3,(H,12,13)/t7-,8+/m1/s1. The van der Waals surface area contributed by atoms with Crippen molar-refractivity contribution in [3.05, 3.63) is 0 Å². The highest BCUT2D eigenvalue weighted by Crippen LogP contribution is 2.17. The molecule has 0 radical (unpaired) electrons. The molecule has 0 aliphatic carbocycles. The van der Waals surface area contributed by atoms with Gasteiger partial charge in [-0.05, 0) is 12.3 Å². The van der Waals surface area contributed by atoms with Gasteiger partial charge in [0.2, 0.25) is 0 Å². The van der Waals surface area contributed by atoms with Crippen LogP contribution in [0.4, 0.5) is 0 Å². The summed E-state index contributed by atoms with van der Waals surface area (Å²) in [6.07, 6.45) is 3.17. The van der Waals surface area contributed by atoms with E-state index in [4.69, 9.17) is 10.9 Å². The van der Waals surface area contributed by atoms with Crippen LogP contribution < -0.4 is 11.3 Å². The molecule has 0 rings (SSSR count). The maximum atomic E-state index is 10.5. The van der Waals surface area contributed by atoms with Crippen molar-refractivity contribution < 1.29 is 9.90 Å². The van der Waals surface area contributed by atoms with Crippen LogP contribution in [0.2, 0.25) is 0 Å². The van der Waals surface area contributed by atoms with Gasteiger partial charge in [0.25, 0.3) is 0 Å². The summed E-state index contributed by atoms with van der Waals surface area (Å²) in [6.45, 7) is 4.16. The topological polar surface area (TPSA) is 75.3 Å². The van der Waals surface area contributed by atoms with Gasteiger partial charge in [-0.25, -0.2) is 0 Å². The van der Waals surface area contributed by atoms with Crippen molar-refractivity contribution in [1.29, 1.82) is 0 Å². The minimum atomic E-state index is -0.794. The Balaban J connectivity index is 4.07. The molecule has 4 heteroatoms. The first kappa shape index (κ1) is 12.4. The maximum absolute atomic E-state index is 10.5. The SMILES string of the molecule is CCC[C@@H](CC)[C@H](CC(=O)O)NN. The van der Waals surface area contributed by atoms with Crippen LogP contribution in [0.15, 0.2) is 0 Å². The van der Waals surface area contributed by atoms with Crippen LogP contribution in [0, 0.1) is 5.92 Å². The molecule has 13 heavy (non-hydrogen) atoms. The van der Waals surface area contributed by atoms with E-state index in [2.05, 4.69) is 19.3 Å². The minimum Gasteiger partial charge on any atom is -0.481 e. The summed E-state index contributed by atoms with van der Waals surface area (Å²) < 4.78 is 0. The van der Waals surface area contributed by atoms with Crippen LogP contribution in [0.3, 0.4) is 0 Å². The predicted molar refractivity (Wildman–Crippen MR) is 52.1 cm³/mol. The molecule has 4 N–H and O–H groups in total. The van der Waals surface area contributed by atoms with E-state index < -0.39 is 5.97 Å². The van der Waals surface area contributed by atoms with Gasteiger partial charge in [0.15, 0.2) is 0 Å². The smallest absolute Gasteiger partial charge is 0.304 e. The number of carboxylic acids is 1. The Morgan fingerprint density at radius 1 is 1.54 bits per heavy atom. The molecule has 0 aromatic carbocycles. The van der Waals surface area contributed by atoms with Gasteiger partial charge in [-0.15, -0.1) is 0 Å². The lowest BCUT2D eigenvalue weighted by molar-refractivity contribution is -0.138. The summed E-state index contributed by atoms with van der Waals surface area (Å²) in [6, 6.07) is -0.0950. The van der Waals surface area contributed by atoms with Crippen molar-refractivity contribution in [1.82, 2.24) is 5.43 Å². The van der Waals surface area contributed by atoms with Crippen molar-refractivity contribution in [3.63, 3.8) is 0 Å². The molecule has 0 saturated heterocycles. The molecular weight excluding hydrogens is 168 g/mol. The van der Waals surface area contributed by atoms with Gasteiger partial charge in [-0.3, -0.25) is 16.1 Å². The van der Waals surface area contributed by atoms with Gasteiger partial charge < -0.3 is 5.11 Å². The van der Waals surface area contributed by atoms with E-state index in [1.165, 1.54) is 0 Å². The van der Waals surface area contributed by atoms with Gasteiger partial charge in [-0.2, -0.15) is 0 Å². The van der Waals surface area contributed by atoms with Crippen molar-refractivity contribution in [2.45, 2.75) is 45.6 Å². The molecule has 2 atom stereocenters. The lowest BCUT2D eigenvalue weighted by atomic mass is 9.90. The first-order valence-corrected chi connectivity index (χ1v) is 4.83. The predicted octanol–water partition coefficient (Wildman–Crippen LogP) is 1.12. The average Bonchev–Trinajstić information content (AvgIpc) is 2.10. The fourth-order valence-electron chi connectivity index (χ4n) is 1.61. The largest absolute Gasteiger partial charge is 0.481 e. The second-order valence-electron chi connectivity index (χ2n) is 3.33. The lowest BCUT2D eigenvalue weighted by Crippen LogP contribution is -2.42. The second kappa shape index (κ2) is 6.86. The third-order valence-corrected chi connectivity index (χ3v) is 2.36. The number of hydrazine groups is 1. The molecule has 4 nitrogen and oxygen atoms in total. The summed E-state index contributed by atoms with van der Waals surface area (Å²) >= 11 is 0. The molecule has 0 spiro atoms. The van der Waals surface area contributed by atoms with Gasteiger partial charge in [0, 0.05) is 6.04 Å². The molecule has 0 saturated carbocycles. The van der Waals surface area contributed by atoms with E-state index in [0.29, 0.717) is 5.92 Å². The molecule has 0 aromatic rings. The monoisotopic (exact) mass is 188 g/mol. The van der Waals surface area contributed by atoms with Crippen LogP contribution >= 0.6 is 0 Å². The van der Waals surface area contributed by atoms with Crippen molar-refractivity contribution in [3.8, 4) is 0 Å². The number of hydrogen-bond donors (Lipinski definition) is 3. The van der Waals surface area contributed by atoms with Crippen LogP contribution in [0.5, 0.6) is 0 Å². The van der Waals surface area contributed by atoms with E-state index in [0.717, 1.165) is 19.3 Å². The highest BCUT2D eigenvalue weighted by atomic mass is 16.4. The fourth-order valence-corrected chi connectivity index (χ4v) is 1.61. The molecule has 0 aliphatic rings. The number of nitrogens with two attached hydrogens (primary N) is 1. The zero-order valence-electron chi connectivity index (χ0n) is 8.42. The number of carboxylic acid groups (broad SMARTS) is 1. The highest BCUT2D eigenvalue weighted by Gasteiger charge is 2.20. The lowest BCUT2D eigenvalue weighted by Gasteiger charge is -2.23. The third-order valence-electron chi connectivity index (χ3n) is 2.36. The molecule has 0 unspecified atom stereocenters. The first-order valence-electron chi connectivity index (χ1n) is 4.83. The van der Waals surface area contributed by atoms with Crippen LogP contribution in [-0.4, -0.2) is 17.1 Å². The van der Waals surface area contributed by atoms with Crippen molar-refractivity contribution in [2.75, 3.05) is 0 Å². The normalized spacial score (nSPS) is 15.3. The third kappa shape index (κ3) is 4.85. The summed E-state index contributed by atoms with van der Waals surface area (Å²) in [7, 11) is 0. The van der Waals surface area contributed by atoms with E-state index in [1.54, 1.807) is 0 Å². The maximum Gasteiger partial charge on any atom is 0.304 e. The first-order chi connectivity index (χ1) is 6.15. The Hall–Kier alpha value is -0.610. The Bertz CT molecular complexity index is 151. The van der Waals surface area contributed by atoms with E-state index in [1.807, 2.05) is 0 Å². The van der Waals surface area contributed by atoms with Crippen LogP contribution in [0.25, 0.3) is 0 Å². The van der Waals surface area contributed by atoms with Crippen LogP contribution in [0.1, 0.15) is 39.5 Å². The number of hydrogen-bond acceptors (Lipinski definition) is 3. The molecule has 0 bridgehead atoms. The van der Waals surface area contributed by atoms with Crippen molar-refractivity contribution >= 4 is 5.97 Å².